The number of rotatable bonds is 6. The standard InChI is InChI=1S/C16H30N2O2/c1-8-16(7)13(6)17-18(10-14(19)20-9-2)15(16)12(5)11(3)4/h11-12,15H,8-10H2,1-7H3/t12?,15?,16-/m0/s1. The third-order valence-corrected chi connectivity index (χ3v) is 4.96. The molecule has 1 aliphatic heterocycles. The molecule has 1 heterocycles. The van der Waals surface area contributed by atoms with Crippen molar-refractivity contribution in [1.29, 1.82) is 0 Å². The Bertz CT molecular complexity index is 379. The summed E-state index contributed by atoms with van der Waals surface area (Å²) >= 11 is 0. The molecular formula is C16H30N2O2. The van der Waals surface area contributed by atoms with Crippen LogP contribution in [-0.2, 0) is 9.53 Å². The molecule has 3 atom stereocenters. The highest BCUT2D eigenvalue weighted by molar-refractivity contribution is 5.90. The molecule has 0 aromatic carbocycles. The second-order valence-corrected chi connectivity index (χ2v) is 6.41. The fraction of sp³-hybridized carbons (Fsp3) is 0.875. The second kappa shape index (κ2) is 6.59. The largest absolute Gasteiger partial charge is 0.465 e. The van der Waals surface area contributed by atoms with Gasteiger partial charge < -0.3 is 4.74 Å². The number of ether oxygens (including phenoxy) is 1. The van der Waals surface area contributed by atoms with Crippen LogP contribution in [0.25, 0.3) is 0 Å². The highest BCUT2D eigenvalue weighted by Gasteiger charge is 2.48. The molecule has 4 heteroatoms. The van der Waals surface area contributed by atoms with E-state index in [0.29, 0.717) is 18.4 Å². The predicted molar refractivity (Wildman–Crippen MR) is 82.6 cm³/mol. The van der Waals surface area contributed by atoms with E-state index in [0.717, 1.165) is 12.1 Å². The smallest absolute Gasteiger partial charge is 0.327 e. The highest BCUT2D eigenvalue weighted by Crippen LogP contribution is 2.42. The molecule has 0 amide bonds. The van der Waals surface area contributed by atoms with Gasteiger partial charge in [0.1, 0.15) is 6.54 Å². The number of nitrogens with zero attached hydrogens (tertiary/aromatic N) is 2. The lowest BCUT2D eigenvalue weighted by molar-refractivity contribution is -0.145. The van der Waals surface area contributed by atoms with Crippen molar-refractivity contribution in [1.82, 2.24) is 5.01 Å². The lowest BCUT2D eigenvalue weighted by atomic mass is 9.69. The van der Waals surface area contributed by atoms with E-state index in [4.69, 9.17) is 4.74 Å². The van der Waals surface area contributed by atoms with Gasteiger partial charge in [-0.15, -0.1) is 0 Å². The fourth-order valence-corrected chi connectivity index (χ4v) is 3.07. The molecule has 0 N–H and O–H groups in total. The minimum Gasteiger partial charge on any atom is -0.465 e. The van der Waals surface area contributed by atoms with E-state index in [1.54, 1.807) is 0 Å². The van der Waals surface area contributed by atoms with Crippen molar-refractivity contribution in [2.45, 2.75) is 60.9 Å². The van der Waals surface area contributed by atoms with Crippen LogP contribution in [0.15, 0.2) is 5.10 Å². The zero-order valence-corrected chi connectivity index (χ0v) is 14.1. The maximum absolute atomic E-state index is 11.8. The normalized spacial score (nSPS) is 27.7. The molecule has 1 aliphatic rings. The first-order valence-electron chi connectivity index (χ1n) is 7.75. The lowest BCUT2D eigenvalue weighted by Gasteiger charge is -2.40. The van der Waals surface area contributed by atoms with Crippen LogP contribution in [0.2, 0.25) is 0 Å². The van der Waals surface area contributed by atoms with Crippen LogP contribution in [-0.4, -0.2) is 35.9 Å². The molecule has 116 valence electrons. The van der Waals surface area contributed by atoms with E-state index < -0.39 is 0 Å². The van der Waals surface area contributed by atoms with Crippen molar-refractivity contribution >= 4 is 11.7 Å². The maximum Gasteiger partial charge on any atom is 0.327 e. The fourth-order valence-electron chi connectivity index (χ4n) is 3.07. The van der Waals surface area contributed by atoms with Gasteiger partial charge in [0, 0.05) is 11.1 Å². The van der Waals surface area contributed by atoms with Crippen LogP contribution in [0.5, 0.6) is 0 Å². The molecule has 0 saturated carbocycles. The van der Waals surface area contributed by atoms with E-state index in [1.165, 1.54) is 0 Å². The van der Waals surface area contributed by atoms with E-state index in [-0.39, 0.29) is 24.0 Å². The summed E-state index contributed by atoms with van der Waals surface area (Å²) in [7, 11) is 0. The molecule has 0 radical (unpaired) electrons. The van der Waals surface area contributed by atoms with Gasteiger partial charge >= 0.3 is 5.97 Å². The Kier molecular flexibility index (Phi) is 5.60. The third kappa shape index (κ3) is 3.15. The maximum atomic E-state index is 11.8. The molecule has 0 saturated heterocycles. The van der Waals surface area contributed by atoms with Crippen molar-refractivity contribution in [2.75, 3.05) is 13.2 Å². The van der Waals surface area contributed by atoms with Crippen LogP contribution in [0, 0.1) is 17.3 Å². The van der Waals surface area contributed by atoms with Gasteiger partial charge in [-0.1, -0.05) is 34.6 Å². The molecule has 0 spiro atoms. The first-order chi connectivity index (χ1) is 9.27. The van der Waals surface area contributed by atoms with Crippen molar-refractivity contribution < 1.29 is 9.53 Å². The van der Waals surface area contributed by atoms with Crippen LogP contribution in [0.3, 0.4) is 0 Å². The molecule has 20 heavy (non-hydrogen) atoms. The predicted octanol–water partition coefficient (Wildman–Crippen LogP) is 3.32. The van der Waals surface area contributed by atoms with E-state index in [2.05, 4.69) is 46.6 Å². The number of hydrogen-bond donors (Lipinski definition) is 0. The first-order valence-corrected chi connectivity index (χ1v) is 7.75. The van der Waals surface area contributed by atoms with Gasteiger partial charge in [0.25, 0.3) is 0 Å². The topological polar surface area (TPSA) is 41.9 Å². The zero-order chi connectivity index (χ0) is 15.5. The number of carbonyl (C=O) groups excluding carboxylic acids is 1. The number of hydrogen-bond acceptors (Lipinski definition) is 4. The summed E-state index contributed by atoms with van der Waals surface area (Å²) in [6.07, 6.45) is 1.03. The minimum absolute atomic E-state index is 0.0379. The lowest BCUT2D eigenvalue weighted by Crippen LogP contribution is -2.48. The summed E-state index contributed by atoms with van der Waals surface area (Å²) in [5.74, 6) is 0.831. The average Bonchev–Trinajstić information content (AvgIpc) is 2.61. The molecule has 2 unspecified atom stereocenters. The summed E-state index contributed by atoms with van der Waals surface area (Å²) in [6.45, 7) is 15.8. The second-order valence-electron chi connectivity index (χ2n) is 6.41. The Hall–Kier alpha value is -1.06. The van der Waals surface area contributed by atoms with Crippen LogP contribution >= 0.6 is 0 Å². The van der Waals surface area contributed by atoms with Crippen molar-refractivity contribution in [3.8, 4) is 0 Å². The van der Waals surface area contributed by atoms with Gasteiger partial charge in [-0.2, -0.15) is 5.10 Å². The first kappa shape index (κ1) is 17.0. The molecule has 0 aliphatic carbocycles. The Labute approximate surface area is 123 Å². The number of carbonyl (C=O) groups is 1. The van der Waals surface area contributed by atoms with Crippen LogP contribution in [0.1, 0.15) is 54.9 Å². The number of hydrazone groups is 1. The van der Waals surface area contributed by atoms with Gasteiger partial charge in [0.2, 0.25) is 0 Å². The summed E-state index contributed by atoms with van der Waals surface area (Å²) in [5.41, 5.74) is 1.16. The summed E-state index contributed by atoms with van der Waals surface area (Å²) in [4.78, 5) is 11.8. The average molecular weight is 282 g/mol. The summed E-state index contributed by atoms with van der Waals surface area (Å²) in [6, 6.07) is 0.261. The highest BCUT2D eigenvalue weighted by atomic mass is 16.5. The number of esters is 1. The monoisotopic (exact) mass is 282 g/mol. The SMILES string of the molecule is CCOC(=O)CN1N=C(C)[C@](C)(CC)C1C(C)C(C)C. The van der Waals surface area contributed by atoms with Gasteiger partial charge in [-0.05, 0) is 32.1 Å². The molecule has 0 bridgehead atoms. The molecule has 0 aromatic rings. The van der Waals surface area contributed by atoms with Crippen LogP contribution in [0.4, 0.5) is 0 Å². The zero-order valence-electron chi connectivity index (χ0n) is 14.1. The van der Waals surface area contributed by atoms with E-state index in [1.807, 2.05) is 11.9 Å². The van der Waals surface area contributed by atoms with Gasteiger partial charge in [0.05, 0.1) is 12.6 Å². The Balaban J connectivity index is 3.00. The molecule has 0 fully saturated rings. The molecular weight excluding hydrogens is 252 g/mol. The van der Waals surface area contributed by atoms with Crippen LogP contribution < -0.4 is 0 Å². The van der Waals surface area contributed by atoms with Gasteiger partial charge in [-0.25, -0.2) is 0 Å². The quantitative estimate of drug-likeness (QED) is 0.702. The summed E-state index contributed by atoms with van der Waals surface area (Å²) < 4.78 is 5.08. The van der Waals surface area contributed by atoms with Crippen molar-refractivity contribution in [2.24, 2.45) is 22.4 Å². The third-order valence-electron chi connectivity index (χ3n) is 4.96. The Morgan fingerprint density at radius 2 is 2.00 bits per heavy atom. The minimum atomic E-state index is -0.189. The van der Waals surface area contributed by atoms with Gasteiger partial charge in [0.15, 0.2) is 0 Å². The Morgan fingerprint density at radius 1 is 1.40 bits per heavy atom. The Morgan fingerprint density at radius 3 is 2.45 bits per heavy atom. The molecule has 4 nitrogen and oxygen atoms in total. The summed E-state index contributed by atoms with van der Waals surface area (Å²) in [5, 5.41) is 6.63. The molecule has 1 rings (SSSR count). The van der Waals surface area contributed by atoms with Crippen molar-refractivity contribution in [3.63, 3.8) is 0 Å². The molecule has 0 aromatic heterocycles. The van der Waals surface area contributed by atoms with E-state index in [9.17, 15) is 4.79 Å². The van der Waals surface area contributed by atoms with E-state index >= 15 is 0 Å². The van der Waals surface area contributed by atoms with Gasteiger partial charge in [-0.3, -0.25) is 9.80 Å². The van der Waals surface area contributed by atoms with Crippen molar-refractivity contribution in [3.05, 3.63) is 0 Å².